The van der Waals surface area contributed by atoms with Crippen LogP contribution in [0, 0.1) is 5.82 Å². The fourth-order valence-corrected chi connectivity index (χ4v) is 3.23. The molecule has 4 rings (SSSR count). The lowest BCUT2D eigenvalue weighted by Gasteiger charge is -2.27. The molecule has 0 aromatic heterocycles. The number of benzene rings is 1. The number of piperidine rings is 1. The molecule has 27 heavy (non-hydrogen) atoms. The summed E-state index contributed by atoms with van der Waals surface area (Å²) in [7, 11) is 0. The average molecular weight is 368 g/mol. The summed E-state index contributed by atoms with van der Waals surface area (Å²) in [4.78, 5) is 54.9. The summed E-state index contributed by atoms with van der Waals surface area (Å²) < 4.78 is 14.6. The number of fused-ring (bicyclic) bond motifs is 1. The van der Waals surface area contributed by atoms with Crippen LogP contribution >= 0.6 is 0 Å². The highest BCUT2D eigenvalue weighted by molar-refractivity contribution is 6.23. The number of amides is 4. The van der Waals surface area contributed by atoms with Crippen molar-refractivity contribution in [3.8, 4) is 0 Å². The van der Waals surface area contributed by atoms with Gasteiger partial charge >= 0.3 is 0 Å². The average Bonchev–Trinajstić information content (AvgIpc) is 2.83. The fraction of sp³-hybridized carbons (Fsp3) is 0.167. The molecule has 9 heteroatoms. The number of nitrogens with one attached hydrogen (secondary N) is 1. The van der Waals surface area contributed by atoms with Crippen molar-refractivity contribution in [1.82, 2.24) is 10.2 Å². The Kier molecular flexibility index (Phi) is 3.91. The van der Waals surface area contributed by atoms with Crippen molar-refractivity contribution in [2.75, 3.05) is 4.90 Å². The predicted molar refractivity (Wildman–Crippen MR) is 92.3 cm³/mol. The summed E-state index contributed by atoms with van der Waals surface area (Å²) in [6, 6.07) is 1.18. The monoisotopic (exact) mass is 368 g/mol. The van der Waals surface area contributed by atoms with E-state index < -0.39 is 35.5 Å². The lowest BCUT2D eigenvalue weighted by Crippen LogP contribution is -2.54. The van der Waals surface area contributed by atoms with E-state index in [1.165, 1.54) is 29.6 Å². The molecule has 0 saturated carbocycles. The van der Waals surface area contributed by atoms with E-state index in [0.29, 0.717) is 0 Å². The molecule has 3 aliphatic heterocycles. The zero-order valence-corrected chi connectivity index (χ0v) is 13.9. The van der Waals surface area contributed by atoms with Gasteiger partial charge in [-0.3, -0.25) is 34.4 Å². The smallest absolute Gasteiger partial charge is 0.262 e. The molecule has 1 unspecified atom stereocenters. The molecule has 0 spiro atoms. The summed E-state index contributed by atoms with van der Waals surface area (Å²) in [5.74, 6) is -3.30. The number of nitrogens with zero attached hydrogens (tertiary/aromatic N) is 3. The lowest BCUT2D eigenvalue weighted by molar-refractivity contribution is -0.136. The van der Waals surface area contributed by atoms with Crippen LogP contribution in [0.15, 0.2) is 41.8 Å². The molecule has 0 aliphatic carbocycles. The Labute approximate surface area is 152 Å². The Morgan fingerprint density at radius 3 is 2.56 bits per heavy atom. The van der Waals surface area contributed by atoms with Crippen molar-refractivity contribution in [3.63, 3.8) is 0 Å². The highest BCUT2D eigenvalue weighted by atomic mass is 19.1. The summed E-state index contributed by atoms with van der Waals surface area (Å²) in [5, 5.41) is 2.12. The van der Waals surface area contributed by atoms with Gasteiger partial charge in [0, 0.05) is 31.2 Å². The second-order valence-corrected chi connectivity index (χ2v) is 6.14. The Morgan fingerprint density at radius 2 is 1.81 bits per heavy atom. The third-order valence-electron chi connectivity index (χ3n) is 4.52. The Hall–Kier alpha value is -3.62. The van der Waals surface area contributed by atoms with Gasteiger partial charge < -0.3 is 4.90 Å². The first-order valence-corrected chi connectivity index (χ1v) is 8.17. The molecule has 1 atom stereocenters. The van der Waals surface area contributed by atoms with Gasteiger partial charge in [0.05, 0.1) is 16.8 Å². The minimum absolute atomic E-state index is 0.00747. The van der Waals surface area contributed by atoms with Crippen LogP contribution in [-0.2, 0) is 9.59 Å². The van der Waals surface area contributed by atoms with E-state index in [2.05, 4.69) is 10.3 Å². The molecular formula is C18H13FN4O4. The first-order valence-electron chi connectivity index (χ1n) is 8.17. The largest absolute Gasteiger partial charge is 0.320 e. The first kappa shape index (κ1) is 16.8. The van der Waals surface area contributed by atoms with Crippen molar-refractivity contribution >= 4 is 35.5 Å². The van der Waals surface area contributed by atoms with Gasteiger partial charge in [-0.1, -0.05) is 0 Å². The van der Waals surface area contributed by atoms with E-state index in [-0.39, 0.29) is 29.7 Å². The second kappa shape index (κ2) is 6.27. The van der Waals surface area contributed by atoms with Crippen LogP contribution in [0.1, 0.15) is 33.6 Å². The fourth-order valence-electron chi connectivity index (χ4n) is 3.23. The van der Waals surface area contributed by atoms with Crippen LogP contribution in [0.25, 0.3) is 0 Å². The topological polar surface area (TPSA) is 99.2 Å². The second-order valence-electron chi connectivity index (χ2n) is 6.14. The number of carbonyl (C=O) groups excluding carboxylic acids is 4. The van der Waals surface area contributed by atoms with E-state index in [9.17, 15) is 23.6 Å². The zero-order chi connectivity index (χ0) is 19.1. The molecule has 1 aromatic rings. The third-order valence-corrected chi connectivity index (χ3v) is 4.52. The number of allylic oxidation sites excluding steroid dienone is 1. The Balaban J connectivity index is 1.71. The van der Waals surface area contributed by atoms with Crippen molar-refractivity contribution < 1.29 is 23.6 Å². The number of hydrogen-bond acceptors (Lipinski definition) is 6. The van der Waals surface area contributed by atoms with Crippen LogP contribution in [0.5, 0.6) is 0 Å². The molecule has 1 N–H and O–H groups in total. The molecule has 1 aromatic carbocycles. The number of aliphatic imine (C=N–C) groups is 1. The first-order chi connectivity index (χ1) is 13.0. The maximum Gasteiger partial charge on any atom is 0.262 e. The molecule has 1 fully saturated rings. The molecule has 0 radical (unpaired) electrons. The zero-order valence-electron chi connectivity index (χ0n) is 13.9. The number of anilines is 1. The highest BCUT2D eigenvalue weighted by Crippen LogP contribution is 2.33. The van der Waals surface area contributed by atoms with Gasteiger partial charge in [0.25, 0.3) is 11.8 Å². The molecule has 1 saturated heterocycles. The van der Waals surface area contributed by atoms with Crippen LogP contribution < -0.4 is 10.2 Å². The Bertz CT molecular complexity index is 966. The van der Waals surface area contributed by atoms with Gasteiger partial charge in [0.1, 0.15) is 11.9 Å². The van der Waals surface area contributed by atoms with Crippen LogP contribution in [0.4, 0.5) is 10.1 Å². The van der Waals surface area contributed by atoms with Crippen LogP contribution in [0.2, 0.25) is 0 Å². The van der Waals surface area contributed by atoms with E-state index in [4.69, 9.17) is 0 Å². The van der Waals surface area contributed by atoms with Crippen molar-refractivity contribution in [3.05, 3.63) is 53.8 Å². The summed E-state index contributed by atoms with van der Waals surface area (Å²) >= 11 is 0. The van der Waals surface area contributed by atoms with Crippen LogP contribution in [0.3, 0.4) is 0 Å². The van der Waals surface area contributed by atoms with Gasteiger partial charge in [0.2, 0.25) is 11.8 Å². The molecule has 4 amide bonds. The van der Waals surface area contributed by atoms with Gasteiger partial charge in [-0.25, -0.2) is 4.39 Å². The van der Waals surface area contributed by atoms with Gasteiger partial charge in [0.15, 0.2) is 0 Å². The lowest BCUT2D eigenvalue weighted by atomic mass is 10.0. The quantitative estimate of drug-likeness (QED) is 0.788. The normalized spacial score (nSPS) is 21.6. The standard InChI is InChI=1S/C18H13FN4O4/c19-12-8-10-11(9-14(12)22-6-1-4-20-5-7-22)18(27)23(17(10)26)13-2-3-15(24)21-16(13)25/h1,4-9,13H,2-3H2,(H,21,24,25). The SMILES string of the molecule is O=C1CCC(N2C(=O)c3cc(F)c(N4C=CC=NC=C4)cc3C2=O)C(=O)N1. The summed E-state index contributed by atoms with van der Waals surface area (Å²) in [6.07, 6.45) is 7.68. The minimum Gasteiger partial charge on any atom is -0.320 e. The third kappa shape index (κ3) is 2.73. The maximum atomic E-state index is 14.6. The molecule has 8 nitrogen and oxygen atoms in total. The molecular weight excluding hydrogens is 355 g/mol. The maximum absolute atomic E-state index is 14.6. The van der Waals surface area contributed by atoms with Gasteiger partial charge in [-0.05, 0) is 24.6 Å². The predicted octanol–water partition coefficient (Wildman–Crippen LogP) is 1.10. The summed E-state index contributed by atoms with van der Waals surface area (Å²) in [6.45, 7) is 0. The van der Waals surface area contributed by atoms with Crippen molar-refractivity contribution in [2.24, 2.45) is 4.99 Å². The Morgan fingerprint density at radius 1 is 1.07 bits per heavy atom. The van der Waals surface area contributed by atoms with Crippen molar-refractivity contribution in [2.45, 2.75) is 18.9 Å². The summed E-state index contributed by atoms with van der Waals surface area (Å²) in [5.41, 5.74) is -0.0314. The number of halogens is 1. The van der Waals surface area contributed by atoms with Gasteiger partial charge in [-0.15, -0.1) is 0 Å². The van der Waals surface area contributed by atoms with E-state index in [1.807, 2.05) is 0 Å². The van der Waals surface area contributed by atoms with E-state index >= 15 is 0 Å². The highest BCUT2D eigenvalue weighted by Gasteiger charge is 2.45. The van der Waals surface area contributed by atoms with E-state index in [1.54, 1.807) is 12.3 Å². The molecule has 0 bridgehead atoms. The van der Waals surface area contributed by atoms with Gasteiger partial charge in [-0.2, -0.15) is 0 Å². The number of rotatable bonds is 2. The number of imide groups is 2. The number of hydrogen-bond donors (Lipinski definition) is 1. The van der Waals surface area contributed by atoms with Crippen LogP contribution in [-0.4, -0.2) is 40.8 Å². The number of carbonyl (C=O) groups is 4. The molecule has 136 valence electrons. The molecule has 3 heterocycles. The molecule has 3 aliphatic rings. The van der Waals surface area contributed by atoms with Crippen molar-refractivity contribution in [1.29, 1.82) is 0 Å². The van der Waals surface area contributed by atoms with E-state index in [0.717, 1.165) is 11.0 Å². The minimum atomic E-state index is -1.09.